The SMILES string of the molecule is O=c1ssc2cccnc12. The number of fused-ring (bicyclic) bond motifs is 1. The van der Waals surface area contributed by atoms with E-state index in [1.165, 1.54) is 20.7 Å². The van der Waals surface area contributed by atoms with Gasteiger partial charge in [0.25, 0.3) is 4.74 Å². The third-order valence-electron chi connectivity index (χ3n) is 1.17. The molecule has 0 aliphatic carbocycles. The van der Waals surface area contributed by atoms with Crippen LogP contribution in [0.3, 0.4) is 0 Å². The summed E-state index contributed by atoms with van der Waals surface area (Å²) in [7, 11) is 2.72. The fourth-order valence-electron chi connectivity index (χ4n) is 0.733. The van der Waals surface area contributed by atoms with E-state index in [1.807, 2.05) is 12.1 Å². The van der Waals surface area contributed by atoms with Crippen molar-refractivity contribution in [3.8, 4) is 0 Å². The van der Waals surface area contributed by atoms with E-state index in [4.69, 9.17) is 0 Å². The van der Waals surface area contributed by atoms with Crippen molar-refractivity contribution in [2.75, 3.05) is 0 Å². The highest BCUT2D eigenvalue weighted by Crippen LogP contribution is 2.16. The van der Waals surface area contributed by atoms with Crippen LogP contribution in [0.2, 0.25) is 0 Å². The predicted molar refractivity (Wildman–Crippen MR) is 43.8 cm³/mol. The summed E-state index contributed by atoms with van der Waals surface area (Å²) in [4.78, 5) is 14.9. The summed E-state index contributed by atoms with van der Waals surface area (Å²) >= 11 is 0. The van der Waals surface area contributed by atoms with Crippen LogP contribution in [0, 0.1) is 0 Å². The van der Waals surface area contributed by atoms with Gasteiger partial charge in [-0.25, -0.2) is 0 Å². The molecule has 2 aromatic heterocycles. The van der Waals surface area contributed by atoms with E-state index >= 15 is 0 Å². The summed E-state index contributed by atoms with van der Waals surface area (Å²) in [5, 5.41) is 0. The minimum atomic E-state index is 0.0700. The predicted octanol–water partition coefficient (Wildman–Crippen LogP) is 1.72. The molecule has 2 nitrogen and oxygen atoms in total. The number of aromatic nitrogens is 1. The van der Waals surface area contributed by atoms with E-state index in [-0.39, 0.29) is 4.74 Å². The number of pyridine rings is 1. The molecule has 0 aliphatic rings. The molecule has 0 aliphatic heterocycles. The Labute approximate surface area is 64.2 Å². The molecule has 0 fully saturated rings. The highest BCUT2D eigenvalue weighted by atomic mass is 32.9. The first-order valence-corrected chi connectivity index (χ1v) is 4.87. The Bertz CT molecular complexity index is 403. The maximum atomic E-state index is 10.9. The van der Waals surface area contributed by atoms with Gasteiger partial charge in [0.05, 0.1) is 4.70 Å². The lowest BCUT2D eigenvalue weighted by Gasteiger charge is -1.79. The van der Waals surface area contributed by atoms with Gasteiger partial charge in [-0.05, 0) is 22.5 Å². The molecule has 2 rings (SSSR count). The van der Waals surface area contributed by atoms with Crippen molar-refractivity contribution in [2.45, 2.75) is 0 Å². The van der Waals surface area contributed by atoms with E-state index in [0.717, 1.165) is 4.70 Å². The summed E-state index contributed by atoms with van der Waals surface area (Å²) in [6, 6.07) is 3.75. The van der Waals surface area contributed by atoms with Gasteiger partial charge in [0.2, 0.25) is 0 Å². The Morgan fingerprint density at radius 3 is 3.10 bits per heavy atom. The average molecular weight is 169 g/mol. The topological polar surface area (TPSA) is 30.0 Å². The summed E-state index contributed by atoms with van der Waals surface area (Å²) in [6.07, 6.45) is 1.64. The van der Waals surface area contributed by atoms with Crippen molar-refractivity contribution in [1.29, 1.82) is 0 Å². The summed E-state index contributed by atoms with van der Waals surface area (Å²) in [5.74, 6) is 0. The standard InChI is InChI=1S/C6H3NOS2/c8-6-5-4(9-10-6)2-1-3-7-5/h1-3H. The molecule has 50 valence electrons. The zero-order valence-electron chi connectivity index (χ0n) is 4.90. The second-order valence-electron chi connectivity index (χ2n) is 1.80. The van der Waals surface area contributed by atoms with Gasteiger partial charge in [-0.2, -0.15) is 0 Å². The number of hydrogen-bond acceptors (Lipinski definition) is 4. The van der Waals surface area contributed by atoms with E-state index in [2.05, 4.69) is 4.98 Å². The number of nitrogens with zero attached hydrogens (tertiary/aromatic N) is 1. The van der Waals surface area contributed by atoms with Crippen LogP contribution in [0.1, 0.15) is 0 Å². The largest absolute Gasteiger partial charge is 0.274 e. The summed E-state index contributed by atoms with van der Waals surface area (Å²) < 4.78 is 1.05. The Kier molecular flexibility index (Phi) is 1.28. The van der Waals surface area contributed by atoms with Crippen LogP contribution in [0.15, 0.2) is 23.1 Å². The van der Waals surface area contributed by atoms with Gasteiger partial charge in [-0.1, -0.05) is 10.3 Å². The van der Waals surface area contributed by atoms with E-state index in [0.29, 0.717) is 5.52 Å². The highest BCUT2D eigenvalue weighted by molar-refractivity contribution is 7.71. The second-order valence-corrected chi connectivity index (χ2v) is 3.95. The van der Waals surface area contributed by atoms with Crippen LogP contribution < -0.4 is 4.74 Å². The molecule has 2 aromatic rings. The first kappa shape index (κ1) is 6.00. The quantitative estimate of drug-likeness (QED) is 0.562. The van der Waals surface area contributed by atoms with Gasteiger partial charge in [-0.3, -0.25) is 9.78 Å². The molecule has 10 heavy (non-hydrogen) atoms. The lowest BCUT2D eigenvalue weighted by atomic mass is 10.4. The Morgan fingerprint density at radius 1 is 1.40 bits per heavy atom. The smallest absolute Gasteiger partial charge is 0.269 e. The highest BCUT2D eigenvalue weighted by Gasteiger charge is 1.99. The van der Waals surface area contributed by atoms with E-state index < -0.39 is 0 Å². The van der Waals surface area contributed by atoms with Crippen LogP contribution in [0.25, 0.3) is 10.2 Å². The molecular formula is C6H3NOS2. The molecule has 0 unspecified atom stereocenters. The molecule has 2 heterocycles. The fourth-order valence-corrected chi connectivity index (χ4v) is 2.70. The third kappa shape index (κ3) is 0.767. The lowest BCUT2D eigenvalue weighted by Crippen LogP contribution is -1.89. The van der Waals surface area contributed by atoms with E-state index in [9.17, 15) is 4.79 Å². The Hall–Kier alpha value is -0.740. The zero-order valence-corrected chi connectivity index (χ0v) is 6.54. The lowest BCUT2D eigenvalue weighted by molar-refractivity contribution is 1.42. The molecule has 0 radical (unpaired) electrons. The van der Waals surface area contributed by atoms with Gasteiger partial charge in [0.15, 0.2) is 0 Å². The Morgan fingerprint density at radius 2 is 2.30 bits per heavy atom. The summed E-state index contributed by atoms with van der Waals surface area (Å²) in [6.45, 7) is 0. The van der Waals surface area contributed by atoms with Crippen LogP contribution in [0.4, 0.5) is 0 Å². The zero-order chi connectivity index (χ0) is 6.97. The van der Waals surface area contributed by atoms with Gasteiger partial charge >= 0.3 is 0 Å². The molecule has 0 aromatic carbocycles. The third-order valence-corrected chi connectivity index (χ3v) is 3.35. The van der Waals surface area contributed by atoms with Crippen molar-refractivity contribution < 1.29 is 0 Å². The van der Waals surface area contributed by atoms with Crippen LogP contribution in [-0.4, -0.2) is 4.98 Å². The van der Waals surface area contributed by atoms with Crippen LogP contribution >= 0.6 is 20.7 Å². The van der Waals surface area contributed by atoms with Crippen molar-refractivity contribution in [1.82, 2.24) is 4.98 Å². The maximum absolute atomic E-state index is 10.9. The van der Waals surface area contributed by atoms with Gasteiger partial charge in [-0.15, -0.1) is 0 Å². The molecule has 0 atom stereocenters. The minimum absolute atomic E-state index is 0.0700. The summed E-state index contributed by atoms with van der Waals surface area (Å²) in [5.41, 5.74) is 0.609. The molecule has 0 amide bonds. The van der Waals surface area contributed by atoms with Crippen molar-refractivity contribution in [3.63, 3.8) is 0 Å². The first-order chi connectivity index (χ1) is 4.88. The van der Waals surface area contributed by atoms with Crippen LogP contribution in [-0.2, 0) is 0 Å². The van der Waals surface area contributed by atoms with Crippen molar-refractivity contribution in [2.24, 2.45) is 0 Å². The molecule has 0 bridgehead atoms. The first-order valence-electron chi connectivity index (χ1n) is 2.72. The molecule has 4 heteroatoms. The molecule has 0 N–H and O–H groups in total. The van der Waals surface area contributed by atoms with Gasteiger partial charge in [0.1, 0.15) is 5.52 Å². The number of rotatable bonds is 0. The Balaban J connectivity index is 3.07. The van der Waals surface area contributed by atoms with Gasteiger partial charge < -0.3 is 0 Å². The molecule has 0 spiro atoms. The van der Waals surface area contributed by atoms with Crippen LogP contribution in [0.5, 0.6) is 0 Å². The van der Waals surface area contributed by atoms with Crippen molar-refractivity contribution >= 4 is 30.9 Å². The monoisotopic (exact) mass is 169 g/mol. The number of hydrogen-bond donors (Lipinski definition) is 0. The van der Waals surface area contributed by atoms with Gasteiger partial charge in [0, 0.05) is 6.20 Å². The fraction of sp³-hybridized carbons (Fsp3) is 0. The maximum Gasteiger partial charge on any atom is 0.269 e. The molecule has 0 saturated heterocycles. The van der Waals surface area contributed by atoms with E-state index in [1.54, 1.807) is 6.20 Å². The molecular weight excluding hydrogens is 166 g/mol. The minimum Gasteiger partial charge on any atom is -0.274 e. The molecule has 0 saturated carbocycles. The average Bonchev–Trinajstić information content (AvgIpc) is 2.34. The normalized spacial score (nSPS) is 10.4. The van der Waals surface area contributed by atoms with Crippen molar-refractivity contribution in [3.05, 3.63) is 27.9 Å². The second kappa shape index (κ2) is 2.14.